The van der Waals surface area contributed by atoms with Gasteiger partial charge in [-0.25, -0.2) is 0 Å². The van der Waals surface area contributed by atoms with Crippen LogP contribution in [0.15, 0.2) is 53.1 Å². The van der Waals surface area contributed by atoms with Gasteiger partial charge in [0.25, 0.3) is 5.91 Å². The SMILES string of the molecule is O=C(c1cc(C2CC2)on1)N1CC(OCc2cccc3ccccc23)C1. The first kappa shape index (κ1) is 15.6. The van der Waals surface area contributed by atoms with Crippen molar-refractivity contribution in [1.82, 2.24) is 10.1 Å². The van der Waals surface area contributed by atoms with E-state index in [2.05, 4.69) is 35.5 Å². The van der Waals surface area contributed by atoms with E-state index in [9.17, 15) is 4.79 Å². The van der Waals surface area contributed by atoms with Gasteiger partial charge in [0, 0.05) is 25.1 Å². The lowest BCUT2D eigenvalue weighted by molar-refractivity contribution is -0.0502. The number of rotatable bonds is 5. The minimum Gasteiger partial charge on any atom is -0.370 e. The second kappa shape index (κ2) is 6.25. The highest BCUT2D eigenvalue weighted by Crippen LogP contribution is 2.40. The van der Waals surface area contributed by atoms with Crippen molar-refractivity contribution in [2.75, 3.05) is 13.1 Å². The molecule has 2 aromatic carbocycles. The highest BCUT2D eigenvalue weighted by molar-refractivity contribution is 5.93. The van der Waals surface area contributed by atoms with Crippen LogP contribution in [0.5, 0.6) is 0 Å². The largest absolute Gasteiger partial charge is 0.370 e. The summed E-state index contributed by atoms with van der Waals surface area (Å²) in [6.45, 7) is 1.77. The summed E-state index contributed by atoms with van der Waals surface area (Å²) in [4.78, 5) is 14.2. The molecular formula is C21H20N2O3. The summed E-state index contributed by atoms with van der Waals surface area (Å²) in [6.07, 6.45) is 2.35. The molecule has 1 saturated carbocycles. The molecule has 5 nitrogen and oxygen atoms in total. The van der Waals surface area contributed by atoms with E-state index >= 15 is 0 Å². The molecule has 1 amide bonds. The third kappa shape index (κ3) is 2.88. The van der Waals surface area contributed by atoms with E-state index in [1.54, 1.807) is 11.0 Å². The highest BCUT2D eigenvalue weighted by Gasteiger charge is 2.35. The first-order chi connectivity index (χ1) is 12.8. The Hall–Kier alpha value is -2.66. The molecule has 132 valence electrons. The van der Waals surface area contributed by atoms with Crippen molar-refractivity contribution >= 4 is 16.7 Å². The van der Waals surface area contributed by atoms with Crippen LogP contribution >= 0.6 is 0 Å². The Kier molecular flexibility index (Phi) is 3.75. The van der Waals surface area contributed by atoms with E-state index in [0.29, 0.717) is 31.3 Å². The molecule has 1 aliphatic carbocycles. The molecule has 26 heavy (non-hydrogen) atoms. The maximum atomic E-state index is 12.4. The number of ether oxygens (including phenoxy) is 1. The van der Waals surface area contributed by atoms with Gasteiger partial charge in [-0.3, -0.25) is 4.79 Å². The molecule has 0 N–H and O–H groups in total. The van der Waals surface area contributed by atoms with E-state index in [0.717, 1.165) is 18.6 Å². The van der Waals surface area contributed by atoms with E-state index in [-0.39, 0.29) is 12.0 Å². The molecule has 0 radical (unpaired) electrons. The Bertz CT molecular complexity index is 949. The van der Waals surface area contributed by atoms with Gasteiger partial charge in [0.2, 0.25) is 0 Å². The van der Waals surface area contributed by atoms with Gasteiger partial charge in [0.05, 0.1) is 12.7 Å². The van der Waals surface area contributed by atoms with Crippen LogP contribution in [-0.4, -0.2) is 35.2 Å². The van der Waals surface area contributed by atoms with Gasteiger partial charge in [0.1, 0.15) is 5.76 Å². The molecule has 0 bridgehead atoms. The fourth-order valence-corrected chi connectivity index (χ4v) is 3.45. The van der Waals surface area contributed by atoms with Crippen molar-refractivity contribution in [1.29, 1.82) is 0 Å². The van der Waals surface area contributed by atoms with Crippen LogP contribution in [0, 0.1) is 0 Å². The smallest absolute Gasteiger partial charge is 0.276 e. The van der Waals surface area contributed by atoms with Crippen molar-refractivity contribution in [3.05, 3.63) is 65.5 Å². The van der Waals surface area contributed by atoms with Crippen molar-refractivity contribution in [2.45, 2.75) is 31.5 Å². The summed E-state index contributed by atoms with van der Waals surface area (Å²) in [6, 6.07) is 16.4. The number of amides is 1. The Balaban J connectivity index is 1.17. The first-order valence-corrected chi connectivity index (χ1v) is 9.12. The zero-order valence-corrected chi connectivity index (χ0v) is 14.4. The molecule has 0 atom stereocenters. The Morgan fingerprint density at radius 1 is 1.15 bits per heavy atom. The normalized spacial score (nSPS) is 17.5. The van der Waals surface area contributed by atoms with Crippen LogP contribution in [0.3, 0.4) is 0 Å². The number of benzene rings is 2. The van der Waals surface area contributed by atoms with E-state index in [1.807, 2.05) is 12.1 Å². The zero-order chi connectivity index (χ0) is 17.5. The van der Waals surface area contributed by atoms with Gasteiger partial charge in [-0.1, -0.05) is 47.6 Å². The summed E-state index contributed by atoms with van der Waals surface area (Å²) in [7, 11) is 0. The van der Waals surface area contributed by atoms with Crippen LogP contribution in [-0.2, 0) is 11.3 Å². The molecule has 5 rings (SSSR count). The third-order valence-electron chi connectivity index (χ3n) is 5.22. The van der Waals surface area contributed by atoms with Gasteiger partial charge in [-0.05, 0) is 29.2 Å². The van der Waals surface area contributed by atoms with Crippen molar-refractivity contribution < 1.29 is 14.1 Å². The van der Waals surface area contributed by atoms with Gasteiger partial charge in [0.15, 0.2) is 5.69 Å². The number of carbonyl (C=O) groups excluding carboxylic acids is 1. The van der Waals surface area contributed by atoms with Gasteiger partial charge in [-0.2, -0.15) is 0 Å². The maximum absolute atomic E-state index is 12.4. The molecule has 1 aliphatic heterocycles. The van der Waals surface area contributed by atoms with Crippen molar-refractivity contribution in [3.63, 3.8) is 0 Å². The molecule has 2 aliphatic rings. The monoisotopic (exact) mass is 348 g/mol. The fraction of sp³-hybridized carbons (Fsp3) is 0.333. The minimum absolute atomic E-state index is 0.0642. The number of carbonyl (C=O) groups is 1. The van der Waals surface area contributed by atoms with E-state index < -0.39 is 0 Å². The summed E-state index contributed by atoms with van der Waals surface area (Å²) in [5.74, 6) is 1.25. The molecule has 3 aromatic rings. The third-order valence-corrected chi connectivity index (χ3v) is 5.22. The second-order valence-electron chi connectivity index (χ2n) is 7.17. The Labute approximate surface area is 151 Å². The number of fused-ring (bicyclic) bond motifs is 1. The lowest BCUT2D eigenvalue weighted by atomic mass is 10.1. The molecule has 5 heteroatoms. The summed E-state index contributed by atoms with van der Waals surface area (Å²) in [5, 5.41) is 6.36. The predicted molar refractivity (Wildman–Crippen MR) is 96.9 cm³/mol. The zero-order valence-electron chi connectivity index (χ0n) is 14.4. The van der Waals surface area contributed by atoms with Crippen LogP contribution in [0.25, 0.3) is 10.8 Å². The van der Waals surface area contributed by atoms with Crippen LogP contribution in [0.2, 0.25) is 0 Å². The maximum Gasteiger partial charge on any atom is 0.276 e. The topological polar surface area (TPSA) is 55.6 Å². The highest BCUT2D eigenvalue weighted by atomic mass is 16.5. The van der Waals surface area contributed by atoms with Crippen molar-refractivity contribution in [3.8, 4) is 0 Å². The number of nitrogens with zero attached hydrogens (tertiary/aromatic N) is 2. The van der Waals surface area contributed by atoms with Crippen LogP contribution < -0.4 is 0 Å². The Morgan fingerprint density at radius 3 is 2.81 bits per heavy atom. The number of likely N-dealkylation sites (tertiary alicyclic amines) is 1. The molecular weight excluding hydrogens is 328 g/mol. The quantitative estimate of drug-likeness (QED) is 0.705. The average molecular weight is 348 g/mol. The molecule has 0 unspecified atom stereocenters. The fourth-order valence-electron chi connectivity index (χ4n) is 3.45. The molecule has 2 heterocycles. The van der Waals surface area contributed by atoms with Gasteiger partial charge >= 0.3 is 0 Å². The lowest BCUT2D eigenvalue weighted by Gasteiger charge is -2.38. The molecule has 0 spiro atoms. The van der Waals surface area contributed by atoms with Gasteiger partial charge in [-0.15, -0.1) is 0 Å². The number of hydrogen-bond donors (Lipinski definition) is 0. The molecule has 2 fully saturated rings. The summed E-state index contributed by atoms with van der Waals surface area (Å²) < 4.78 is 11.3. The van der Waals surface area contributed by atoms with Gasteiger partial charge < -0.3 is 14.2 Å². The minimum atomic E-state index is -0.0642. The van der Waals surface area contributed by atoms with E-state index in [1.165, 1.54) is 16.3 Å². The van der Waals surface area contributed by atoms with E-state index in [4.69, 9.17) is 9.26 Å². The predicted octanol–water partition coefficient (Wildman–Crippen LogP) is 3.75. The van der Waals surface area contributed by atoms with Crippen LogP contribution in [0.1, 0.15) is 40.6 Å². The van der Waals surface area contributed by atoms with Crippen molar-refractivity contribution in [2.24, 2.45) is 0 Å². The number of hydrogen-bond acceptors (Lipinski definition) is 4. The molecule has 1 saturated heterocycles. The Morgan fingerprint density at radius 2 is 1.96 bits per heavy atom. The molecule has 1 aromatic heterocycles. The average Bonchev–Trinajstić information content (AvgIpc) is 3.37. The first-order valence-electron chi connectivity index (χ1n) is 9.12. The van der Waals surface area contributed by atoms with Crippen LogP contribution in [0.4, 0.5) is 0 Å². The lowest BCUT2D eigenvalue weighted by Crippen LogP contribution is -2.54. The summed E-state index contributed by atoms with van der Waals surface area (Å²) >= 11 is 0. The standard InChI is InChI=1S/C21H20N2O3/c24-21(19-10-20(26-22-19)15-8-9-15)23-11-17(12-23)25-13-16-6-3-5-14-4-1-2-7-18(14)16/h1-7,10,15,17H,8-9,11-13H2. The number of aromatic nitrogens is 1. The second-order valence-corrected chi connectivity index (χ2v) is 7.17. The summed E-state index contributed by atoms with van der Waals surface area (Å²) in [5.41, 5.74) is 1.60.